The molecule has 178 valence electrons. The second-order valence-electron chi connectivity index (χ2n) is 7.23. The second-order valence-corrected chi connectivity index (χ2v) is 7.23. The lowest BCUT2D eigenvalue weighted by Crippen LogP contribution is -2.38. The van der Waals surface area contributed by atoms with Crippen LogP contribution in [0.1, 0.15) is 70.6 Å². The van der Waals surface area contributed by atoms with Gasteiger partial charge in [0.05, 0.1) is 17.3 Å². The van der Waals surface area contributed by atoms with Crippen molar-refractivity contribution in [1.29, 1.82) is 0 Å². The summed E-state index contributed by atoms with van der Waals surface area (Å²) in [6, 6.07) is 7.78. The summed E-state index contributed by atoms with van der Waals surface area (Å²) < 4.78 is 5.89. The molecule has 3 rings (SSSR count). The van der Waals surface area contributed by atoms with Crippen LogP contribution in [0.25, 0.3) is 6.08 Å². The number of aromatic nitrogens is 2. The van der Waals surface area contributed by atoms with Crippen molar-refractivity contribution in [3.63, 3.8) is 0 Å². The van der Waals surface area contributed by atoms with E-state index < -0.39 is 5.54 Å². The summed E-state index contributed by atoms with van der Waals surface area (Å²) >= 11 is 0. The lowest BCUT2D eigenvalue weighted by molar-refractivity contribution is 0.415. The van der Waals surface area contributed by atoms with Crippen LogP contribution in [0.2, 0.25) is 0 Å². The molecule has 0 saturated heterocycles. The second kappa shape index (κ2) is 13.3. The first-order valence-corrected chi connectivity index (χ1v) is 11.3. The third kappa shape index (κ3) is 7.36. The fourth-order valence-corrected chi connectivity index (χ4v) is 2.65. The van der Waals surface area contributed by atoms with Crippen LogP contribution in [0.3, 0.4) is 0 Å². The van der Waals surface area contributed by atoms with E-state index in [-0.39, 0.29) is 5.56 Å². The van der Waals surface area contributed by atoms with Crippen molar-refractivity contribution in [3.8, 4) is 5.75 Å². The van der Waals surface area contributed by atoms with E-state index in [1.54, 1.807) is 19.5 Å². The number of hydrogen-bond acceptors (Lipinski definition) is 6. The molecule has 0 fully saturated rings. The van der Waals surface area contributed by atoms with Crippen LogP contribution in [0, 0.1) is 6.92 Å². The quantitative estimate of drug-likeness (QED) is 0.618. The maximum absolute atomic E-state index is 12.6. The molecule has 0 unspecified atom stereocenters. The van der Waals surface area contributed by atoms with Gasteiger partial charge in [0, 0.05) is 12.6 Å². The molecule has 7 nitrogen and oxygen atoms in total. The Morgan fingerprint density at radius 2 is 1.79 bits per heavy atom. The number of amidine groups is 1. The van der Waals surface area contributed by atoms with Crippen LogP contribution in [0.4, 0.5) is 0 Å². The van der Waals surface area contributed by atoms with E-state index in [0.717, 1.165) is 11.3 Å². The number of aromatic amines is 1. The lowest BCUT2D eigenvalue weighted by Gasteiger charge is -2.23. The molecule has 1 aromatic heterocycles. The standard InChI is InChI=1S/C22H25N5O2.2C2H6/c1-6-17-18(26-21(27-20(17)28)22(3,4)23-5)19-24-12-11-16(13-25-19)29-15-9-7-14(2)8-10-15;2*1-2/h6-10,12-13,23H,1,11H2,2-5H3,(H,26,27,28);2*1-2H3. The highest BCUT2D eigenvalue weighted by molar-refractivity contribution is 6.04. The number of allylic oxidation sites excluding steroid dienone is 1. The van der Waals surface area contributed by atoms with Gasteiger partial charge in [-0.25, -0.2) is 15.0 Å². The van der Waals surface area contributed by atoms with Crippen LogP contribution in [-0.4, -0.2) is 29.1 Å². The van der Waals surface area contributed by atoms with Crippen molar-refractivity contribution in [2.75, 3.05) is 7.05 Å². The summed E-state index contributed by atoms with van der Waals surface area (Å²) in [4.78, 5) is 28.9. The Labute approximate surface area is 197 Å². The molecule has 7 heteroatoms. The predicted octanol–water partition coefficient (Wildman–Crippen LogP) is 5.37. The molecule has 1 aliphatic heterocycles. The number of ether oxygens (including phenoxy) is 1. The molecule has 2 aromatic rings. The smallest absolute Gasteiger partial charge is 0.258 e. The summed E-state index contributed by atoms with van der Waals surface area (Å²) in [6.45, 7) is 17.6. The zero-order chi connectivity index (χ0) is 25.0. The van der Waals surface area contributed by atoms with Crippen LogP contribution >= 0.6 is 0 Å². The van der Waals surface area contributed by atoms with Gasteiger partial charge in [0.2, 0.25) is 0 Å². The average molecular weight is 452 g/mol. The van der Waals surface area contributed by atoms with Crippen LogP contribution < -0.4 is 15.6 Å². The first-order valence-electron chi connectivity index (χ1n) is 11.3. The lowest BCUT2D eigenvalue weighted by atomic mass is 10.0. The number of aryl methyl sites for hydroxylation is 1. The molecule has 1 aromatic carbocycles. The van der Waals surface area contributed by atoms with Crippen molar-refractivity contribution in [3.05, 3.63) is 75.8 Å². The number of hydrogen-bond donors (Lipinski definition) is 2. The van der Waals surface area contributed by atoms with E-state index in [1.165, 1.54) is 6.08 Å². The van der Waals surface area contributed by atoms with Crippen molar-refractivity contribution in [2.24, 2.45) is 9.98 Å². The van der Waals surface area contributed by atoms with Crippen LogP contribution in [-0.2, 0) is 5.54 Å². The Balaban J connectivity index is 0.00000129. The fraction of sp³-hybridized carbons (Fsp3) is 0.385. The number of rotatable bonds is 6. The predicted molar refractivity (Wildman–Crippen MR) is 139 cm³/mol. The minimum Gasteiger partial charge on any atom is -0.460 e. The molecule has 0 spiro atoms. The first kappa shape index (κ1) is 27.7. The largest absolute Gasteiger partial charge is 0.460 e. The molecular formula is C26H37N5O2. The van der Waals surface area contributed by atoms with Gasteiger partial charge in [-0.1, -0.05) is 58.0 Å². The minimum atomic E-state index is -0.530. The normalized spacial score (nSPS) is 12.7. The molecular weight excluding hydrogens is 414 g/mol. The Kier molecular flexibility index (Phi) is 11.2. The average Bonchev–Trinajstić information content (AvgIpc) is 3.08. The highest BCUT2D eigenvalue weighted by Gasteiger charge is 2.24. The number of nitrogens with one attached hydrogen (secondary N) is 2. The van der Waals surface area contributed by atoms with Gasteiger partial charge in [0.1, 0.15) is 23.0 Å². The van der Waals surface area contributed by atoms with Gasteiger partial charge in [-0.05, 0) is 40.0 Å². The van der Waals surface area contributed by atoms with Gasteiger partial charge in [-0.15, -0.1) is 0 Å². The third-order valence-corrected chi connectivity index (χ3v) is 4.70. The minimum absolute atomic E-state index is 0.286. The summed E-state index contributed by atoms with van der Waals surface area (Å²) in [5.41, 5.74) is 1.05. The van der Waals surface area contributed by atoms with Gasteiger partial charge in [0.25, 0.3) is 5.56 Å². The maximum atomic E-state index is 12.6. The van der Waals surface area contributed by atoms with Gasteiger partial charge in [-0.3, -0.25) is 4.79 Å². The van der Waals surface area contributed by atoms with Gasteiger partial charge in [-0.2, -0.15) is 0 Å². The number of H-pyrrole nitrogens is 1. The molecule has 0 bridgehead atoms. The summed E-state index contributed by atoms with van der Waals surface area (Å²) in [5.74, 6) is 2.20. The summed E-state index contributed by atoms with van der Waals surface area (Å²) in [6.07, 6.45) is 5.25. The van der Waals surface area contributed by atoms with Gasteiger partial charge >= 0.3 is 0 Å². The van der Waals surface area contributed by atoms with Crippen molar-refractivity contribution in [2.45, 2.75) is 60.4 Å². The Morgan fingerprint density at radius 1 is 1.15 bits per heavy atom. The van der Waals surface area contributed by atoms with E-state index in [2.05, 4.69) is 31.8 Å². The van der Waals surface area contributed by atoms with Crippen molar-refractivity contribution in [1.82, 2.24) is 15.3 Å². The molecule has 0 saturated carbocycles. The molecule has 0 aliphatic carbocycles. The van der Waals surface area contributed by atoms with E-state index in [9.17, 15) is 4.79 Å². The molecule has 0 atom stereocenters. The molecule has 2 heterocycles. The Morgan fingerprint density at radius 3 is 2.36 bits per heavy atom. The summed E-state index contributed by atoms with van der Waals surface area (Å²) in [7, 11) is 1.81. The molecule has 0 radical (unpaired) electrons. The van der Waals surface area contributed by atoms with E-state index in [4.69, 9.17) is 4.74 Å². The summed E-state index contributed by atoms with van der Waals surface area (Å²) in [5, 5.41) is 3.13. The number of benzene rings is 1. The Bertz CT molecular complexity index is 1060. The zero-order valence-corrected chi connectivity index (χ0v) is 21.1. The molecule has 2 N–H and O–H groups in total. The zero-order valence-electron chi connectivity index (χ0n) is 21.1. The van der Waals surface area contributed by atoms with Gasteiger partial charge < -0.3 is 15.0 Å². The van der Waals surface area contributed by atoms with E-state index >= 15 is 0 Å². The molecule has 1 aliphatic rings. The molecule has 33 heavy (non-hydrogen) atoms. The van der Waals surface area contributed by atoms with Crippen molar-refractivity contribution < 1.29 is 4.74 Å². The number of nitrogens with zero attached hydrogens (tertiary/aromatic N) is 3. The van der Waals surface area contributed by atoms with Gasteiger partial charge in [0.15, 0.2) is 5.84 Å². The third-order valence-electron chi connectivity index (χ3n) is 4.70. The Hall–Kier alpha value is -3.32. The highest BCUT2D eigenvalue weighted by Crippen LogP contribution is 2.19. The topological polar surface area (TPSA) is 91.7 Å². The highest BCUT2D eigenvalue weighted by atomic mass is 16.5. The SMILES string of the molecule is C=Cc1c(C2=NC=C(Oc3ccc(C)cc3)CC=N2)nc(C(C)(C)NC)[nH]c1=O.CC.CC. The molecule has 0 amide bonds. The monoisotopic (exact) mass is 451 g/mol. The van der Waals surface area contributed by atoms with Crippen LogP contribution in [0.5, 0.6) is 5.75 Å². The fourth-order valence-electron chi connectivity index (χ4n) is 2.65. The first-order chi connectivity index (χ1) is 15.8. The maximum Gasteiger partial charge on any atom is 0.258 e. The van der Waals surface area contributed by atoms with Crippen molar-refractivity contribution >= 4 is 18.1 Å². The van der Waals surface area contributed by atoms with Crippen LogP contribution in [0.15, 0.2) is 57.6 Å². The van der Waals surface area contributed by atoms with E-state index in [0.29, 0.717) is 35.1 Å². The number of aliphatic imine (C=N–C) groups is 2. The van der Waals surface area contributed by atoms with E-state index in [1.807, 2.05) is 72.7 Å².